The number of rotatable bonds is 7. The highest BCUT2D eigenvalue weighted by Gasteiger charge is 2.27. The number of ether oxygens (including phenoxy) is 1. The summed E-state index contributed by atoms with van der Waals surface area (Å²) in [5.41, 5.74) is 1.11. The van der Waals surface area contributed by atoms with Crippen LogP contribution < -0.4 is 0 Å². The van der Waals surface area contributed by atoms with Crippen LogP contribution in [0.2, 0.25) is 0 Å². The Bertz CT molecular complexity index is 509. The van der Waals surface area contributed by atoms with Gasteiger partial charge in [-0.1, -0.05) is 19.1 Å². The Balaban J connectivity index is 1.98. The van der Waals surface area contributed by atoms with Gasteiger partial charge in [-0.2, -0.15) is 0 Å². The van der Waals surface area contributed by atoms with Crippen molar-refractivity contribution in [3.63, 3.8) is 0 Å². The van der Waals surface area contributed by atoms with Gasteiger partial charge < -0.3 is 9.84 Å². The number of halogens is 1. The van der Waals surface area contributed by atoms with Gasteiger partial charge in [-0.3, -0.25) is 14.6 Å². The summed E-state index contributed by atoms with van der Waals surface area (Å²) in [7, 11) is 1.79. The number of nitrogens with zero attached hydrogens (tertiary/aromatic N) is 2. The number of benzene rings is 1. The highest BCUT2D eigenvalue weighted by atomic mass is 19.1. The van der Waals surface area contributed by atoms with Gasteiger partial charge >= 0.3 is 5.97 Å². The highest BCUT2D eigenvalue weighted by Crippen LogP contribution is 2.26. The van der Waals surface area contributed by atoms with Gasteiger partial charge in [0.2, 0.25) is 0 Å². The average Bonchev–Trinajstić information content (AvgIpc) is 2.49. The Morgan fingerprint density at radius 3 is 2.78 bits per heavy atom. The van der Waals surface area contributed by atoms with E-state index in [2.05, 4.69) is 11.8 Å². The highest BCUT2D eigenvalue weighted by molar-refractivity contribution is 5.69. The van der Waals surface area contributed by atoms with Gasteiger partial charge in [0.1, 0.15) is 5.82 Å². The van der Waals surface area contributed by atoms with Crippen molar-refractivity contribution < 1.29 is 19.0 Å². The molecule has 0 saturated carbocycles. The first-order valence-electron chi connectivity index (χ1n) is 8.01. The fourth-order valence-corrected chi connectivity index (χ4v) is 3.17. The van der Waals surface area contributed by atoms with Gasteiger partial charge in [0.15, 0.2) is 0 Å². The minimum atomic E-state index is -0.835. The number of likely N-dealkylation sites (N-methyl/N-ethyl adjacent to an activating group) is 1. The third-order valence-corrected chi connectivity index (χ3v) is 4.17. The molecule has 0 radical (unpaired) electrons. The summed E-state index contributed by atoms with van der Waals surface area (Å²) in [6.45, 7) is 4.92. The van der Waals surface area contributed by atoms with Gasteiger partial charge in [0.25, 0.3) is 0 Å². The van der Waals surface area contributed by atoms with E-state index < -0.39 is 5.97 Å². The van der Waals surface area contributed by atoms with Gasteiger partial charge in [0.05, 0.1) is 19.3 Å². The molecule has 0 spiro atoms. The number of hydrogen-bond donors (Lipinski definition) is 1. The van der Waals surface area contributed by atoms with Crippen LogP contribution in [0.5, 0.6) is 0 Å². The van der Waals surface area contributed by atoms with E-state index >= 15 is 0 Å². The summed E-state index contributed by atoms with van der Waals surface area (Å²) in [5, 5.41) is 8.84. The molecule has 1 saturated heterocycles. The maximum atomic E-state index is 13.1. The zero-order valence-corrected chi connectivity index (χ0v) is 13.7. The van der Waals surface area contributed by atoms with Crippen molar-refractivity contribution in [1.29, 1.82) is 0 Å². The summed E-state index contributed by atoms with van der Waals surface area (Å²) in [4.78, 5) is 14.9. The minimum Gasteiger partial charge on any atom is -0.480 e. The molecule has 6 heteroatoms. The lowest BCUT2D eigenvalue weighted by Crippen LogP contribution is -2.48. The molecular weight excluding hydrogens is 299 g/mol. The van der Waals surface area contributed by atoms with E-state index in [1.165, 1.54) is 12.1 Å². The molecule has 2 atom stereocenters. The van der Waals surface area contributed by atoms with Crippen molar-refractivity contribution in [1.82, 2.24) is 9.80 Å². The van der Waals surface area contributed by atoms with Crippen LogP contribution in [-0.4, -0.2) is 66.8 Å². The number of hydrogen-bond acceptors (Lipinski definition) is 4. The van der Waals surface area contributed by atoms with E-state index in [1.54, 1.807) is 11.9 Å². The smallest absolute Gasteiger partial charge is 0.317 e. The van der Waals surface area contributed by atoms with E-state index in [4.69, 9.17) is 9.84 Å². The van der Waals surface area contributed by atoms with E-state index in [9.17, 15) is 9.18 Å². The molecule has 5 nitrogen and oxygen atoms in total. The number of carboxylic acid groups (broad SMARTS) is 1. The maximum absolute atomic E-state index is 13.1. The number of morpholine rings is 1. The molecule has 2 unspecified atom stereocenters. The quantitative estimate of drug-likeness (QED) is 0.831. The van der Waals surface area contributed by atoms with Crippen LogP contribution in [0.4, 0.5) is 4.39 Å². The molecule has 128 valence electrons. The molecule has 2 rings (SSSR count). The van der Waals surface area contributed by atoms with Gasteiger partial charge in [0, 0.05) is 25.7 Å². The predicted molar refractivity (Wildman–Crippen MR) is 85.9 cm³/mol. The second-order valence-corrected chi connectivity index (χ2v) is 6.05. The van der Waals surface area contributed by atoms with Crippen LogP contribution in [0.1, 0.15) is 24.9 Å². The zero-order chi connectivity index (χ0) is 16.8. The van der Waals surface area contributed by atoms with Crippen LogP contribution in [0.15, 0.2) is 24.3 Å². The molecule has 0 bridgehead atoms. The maximum Gasteiger partial charge on any atom is 0.317 e. The first kappa shape index (κ1) is 17.8. The summed E-state index contributed by atoms with van der Waals surface area (Å²) in [5.74, 6) is -1.06. The molecule has 1 aliphatic heterocycles. The van der Waals surface area contributed by atoms with Crippen molar-refractivity contribution >= 4 is 5.97 Å². The molecule has 1 fully saturated rings. The minimum absolute atomic E-state index is 0.00896. The normalized spacial score (nSPS) is 20.6. The summed E-state index contributed by atoms with van der Waals surface area (Å²) >= 11 is 0. The second-order valence-electron chi connectivity index (χ2n) is 6.05. The molecular formula is C17H25FN2O3. The number of carbonyl (C=O) groups is 1. The lowest BCUT2D eigenvalue weighted by atomic mass is 10.0. The molecule has 1 heterocycles. The SMILES string of the molecule is CCC(c1ccc(F)cc1)N1CCOC(CN(C)CC(=O)O)C1. The molecule has 0 aromatic heterocycles. The Hall–Kier alpha value is -1.50. The summed E-state index contributed by atoms with van der Waals surface area (Å²) in [6.07, 6.45) is 0.922. The first-order valence-corrected chi connectivity index (χ1v) is 8.01. The number of aliphatic carboxylic acids is 1. The summed E-state index contributed by atoms with van der Waals surface area (Å²) < 4.78 is 18.9. The fourth-order valence-electron chi connectivity index (χ4n) is 3.17. The fraction of sp³-hybridized carbons (Fsp3) is 0.588. The lowest BCUT2D eigenvalue weighted by molar-refractivity contribution is -0.138. The van der Waals surface area contributed by atoms with E-state index in [0.717, 1.165) is 25.1 Å². The van der Waals surface area contributed by atoms with E-state index in [-0.39, 0.29) is 24.5 Å². The Kier molecular flexibility index (Phi) is 6.50. The molecule has 0 amide bonds. The van der Waals surface area contributed by atoms with Gasteiger partial charge in [-0.15, -0.1) is 0 Å². The molecule has 1 N–H and O–H groups in total. The van der Waals surface area contributed by atoms with Crippen molar-refractivity contribution in [3.8, 4) is 0 Å². The summed E-state index contributed by atoms with van der Waals surface area (Å²) in [6, 6.07) is 6.90. The molecule has 0 aliphatic carbocycles. The van der Waals surface area contributed by atoms with Crippen molar-refractivity contribution in [3.05, 3.63) is 35.6 Å². The number of carboxylic acids is 1. The van der Waals surface area contributed by atoms with Gasteiger partial charge in [-0.05, 0) is 31.2 Å². The molecule has 1 aromatic carbocycles. The molecule has 1 aromatic rings. The van der Waals surface area contributed by atoms with Crippen LogP contribution in [0.25, 0.3) is 0 Å². The molecule has 23 heavy (non-hydrogen) atoms. The van der Waals surface area contributed by atoms with Crippen molar-refractivity contribution in [2.24, 2.45) is 0 Å². The van der Waals surface area contributed by atoms with Crippen molar-refractivity contribution in [2.45, 2.75) is 25.5 Å². The van der Waals surface area contributed by atoms with Gasteiger partial charge in [-0.25, -0.2) is 4.39 Å². The predicted octanol–water partition coefficient (Wildman–Crippen LogP) is 1.99. The first-order chi connectivity index (χ1) is 11.0. The molecule has 1 aliphatic rings. The lowest BCUT2D eigenvalue weighted by Gasteiger charge is -2.39. The standard InChI is InChI=1S/C17H25FN2O3/c1-3-16(13-4-6-14(18)7-5-13)20-8-9-23-15(11-20)10-19(2)12-17(21)22/h4-7,15-16H,3,8-12H2,1-2H3,(H,21,22). The largest absolute Gasteiger partial charge is 0.480 e. The third-order valence-electron chi connectivity index (χ3n) is 4.17. The Morgan fingerprint density at radius 2 is 2.17 bits per heavy atom. The third kappa shape index (κ3) is 5.27. The average molecular weight is 324 g/mol. The van der Waals surface area contributed by atoms with Crippen LogP contribution in [0.3, 0.4) is 0 Å². The van der Waals surface area contributed by atoms with E-state index in [0.29, 0.717) is 13.2 Å². The second kappa shape index (κ2) is 8.38. The van der Waals surface area contributed by atoms with Crippen LogP contribution in [-0.2, 0) is 9.53 Å². The monoisotopic (exact) mass is 324 g/mol. The topological polar surface area (TPSA) is 53.0 Å². The van der Waals surface area contributed by atoms with Crippen LogP contribution >= 0.6 is 0 Å². The Morgan fingerprint density at radius 1 is 1.48 bits per heavy atom. The van der Waals surface area contributed by atoms with Crippen LogP contribution in [0, 0.1) is 5.82 Å². The Labute approximate surface area is 136 Å². The van der Waals surface area contributed by atoms with E-state index in [1.807, 2.05) is 12.1 Å². The van der Waals surface area contributed by atoms with Crippen molar-refractivity contribution in [2.75, 3.05) is 39.8 Å². The zero-order valence-electron chi connectivity index (χ0n) is 13.7.